The van der Waals surface area contributed by atoms with Crippen LogP contribution < -0.4 is 10.2 Å². The van der Waals surface area contributed by atoms with Gasteiger partial charge in [-0.15, -0.1) is 0 Å². The Morgan fingerprint density at radius 2 is 1.80 bits per heavy atom. The molecule has 0 fully saturated rings. The molecule has 0 spiro atoms. The second-order valence-electron chi connectivity index (χ2n) is 6.28. The zero-order chi connectivity index (χ0) is 17.9. The minimum Gasteiger partial charge on any atom is -0.479 e. The van der Waals surface area contributed by atoms with Gasteiger partial charge in [0.25, 0.3) is 0 Å². The first-order valence-electron chi connectivity index (χ1n) is 8.49. The van der Waals surface area contributed by atoms with Gasteiger partial charge in [0.15, 0.2) is 5.54 Å². The SMILES string of the molecule is CCC(NC(=O)CN1CCc2ccccc21)(C(=O)O)c1ccccc1. The Kier molecular flexibility index (Phi) is 4.74. The van der Waals surface area contributed by atoms with Gasteiger partial charge in [0, 0.05) is 12.2 Å². The number of rotatable bonds is 6. The molecule has 0 bridgehead atoms. The van der Waals surface area contributed by atoms with Gasteiger partial charge < -0.3 is 15.3 Å². The lowest BCUT2D eigenvalue weighted by Crippen LogP contribution is -2.53. The van der Waals surface area contributed by atoms with Gasteiger partial charge in [-0.25, -0.2) is 4.79 Å². The van der Waals surface area contributed by atoms with Crippen molar-refractivity contribution in [3.63, 3.8) is 0 Å². The van der Waals surface area contributed by atoms with Gasteiger partial charge in [0.2, 0.25) is 5.91 Å². The van der Waals surface area contributed by atoms with E-state index in [1.807, 2.05) is 29.2 Å². The third-order valence-corrected chi connectivity index (χ3v) is 4.83. The highest BCUT2D eigenvalue weighted by Crippen LogP contribution is 2.28. The number of amides is 1. The molecule has 25 heavy (non-hydrogen) atoms. The summed E-state index contributed by atoms with van der Waals surface area (Å²) < 4.78 is 0. The van der Waals surface area contributed by atoms with Crippen molar-refractivity contribution < 1.29 is 14.7 Å². The lowest BCUT2D eigenvalue weighted by Gasteiger charge is -2.31. The number of carboxylic acids is 1. The van der Waals surface area contributed by atoms with Crippen LogP contribution in [0.15, 0.2) is 54.6 Å². The van der Waals surface area contributed by atoms with E-state index in [4.69, 9.17) is 0 Å². The summed E-state index contributed by atoms with van der Waals surface area (Å²) in [5.74, 6) is -1.33. The monoisotopic (exact) mass is 338 g/mol. The molecule has 1 aliphatic rings. The molecule has 1 amide bonds. The topological polar surface area (TPSA) is 69.6 Å². The molecule has 5 heteroatoms. The molecule has 3 rings (SSSR count). The summed E-state index contributed by atoms with van der Waals surface area (Å²) in [6, 6.07) is 16.9. The van der Waals surface area contributed by atoms with Crippen molar-refractivity contribution in [2.75, 3.05) is 18.0 Å². The van der Waals surface area contributed by atoms with Gasteiger partial charge in [0.1, 0.15) is 0 Å². The van der Waals surface area contributed by atoms with Crippen molar-refractivity contribution in [1.82, 2.24) is 5.32 Å². The Balaban J connectivity index is 1.79. The summed E-state index contributed by atoms with van der Waals surface area (Å²) in [5.41, 5.74) is 1.45. The van der Waals surface area contributed by atoms with Crippen LogP contribution in [0.1, 0.15) is 24.5 Å². The first-order valence-corrected chi connectivity index (χ1v) is 8.49. The number of anilines is 1. The lowest BCUT2D eigenvalue weighted by atomic mass is 9.87. The van der Waals surface area contributed by atoms with Gasteiger partial charge in [-0.05, 0) is 30.0 Å². The number of para-hydroxylation sites is 1. The summed E-state index contributed by atoms with van der Waals surface area (Å²) in [6.45, 7) is 2.69. The van der Waals surface area contributed by atoms with Crippen molar-refractivity contribution in [2.24, 2.45) is 0 Å². The molecule has 1 unspecified atom stereocenters. The van der Waals surface area contributed by atoms with Crippen LogP contribution in [0, 0.1) is 0 Å². The van der Waals surface area contributed by atoms with Crippen molar-refractivity contribution >= 4 is 17.6 Å². The molecule has 0 aliphatic carbocycles. The zero-order valence-electron chi connectivity index (χ0n) is 14.2. The van der Waals surface area contributed by atoms with E-state index in [-0.39, 0.29) is 18.9 Å². The van der Waals surface area contributed by atoms with Crippen LogP contribution in [0.4, 0.5) is 5.69 Å². The minimum atomic E-state index is -1.41. The molecular weight excluding hydrogens is 316 g/mol. The first kappa shape index (κ1) is 17.0. The molecule has 2 aromatic rings. The van der Waals surface area contributed by atoms with Gasteiger partial charge in [-0.1, -0.05) is 55.5 Å². The fourth-order valence-corrected chi connectivity index (χ4v) is 3.44. The largest absolute Gasteiger partial charge is 0.479 e. The Morgan fingerprint density at radius 3 is 2.48 bits per heavy atom. The fraction of sp³-hybridized carbons (Fsp3) is 0.300. The third-order valence-electron chi connectivity index (χ3n) is 4.83. The number of carboxylic acid groups (broad SMARTS) is 1. The van der Waals surface area contributed by atoms with E-state index >= 15 is 0 Å². The molecule has 5 nitrogen and oxygen atoms in total. The number of carbonyl (C=O) groups is 2. The fourth-order valence-electron chi connectivity index (χ4n) is 3.44. The zero-order valence-corrected chi connectivity index (χ0v) is 14.2. The molecule has 0 saturated carbocycles. The Hall–Kier alpha value is -2.82. The summed E-state index contributed by atoms with van der Waals surface area (Å²) in [6.07, 6.45) is 1.18. The number of nitrogens with one attached hydrogen (secondary N) is 1. The average Bonchev–Trinajstić information content (AvgIpc) is 3.03. The number of carbonyl (C=O) groups excluding carboxylic acids is 1. The molecule has 130 valence electrons. The van der Waals surface area contributed by atoms with Crippen LogP contribution in [0.25, 0.3) is 0 Å². The van der Waals surface area contributed by atoms with Gasteiger partial charge in [0.05, 0.1) is 6.54 Å². The lowest BCUT2D eigenvalue weighted by molar-refractivity contribution is -0.148. The third kappa shape index (κ3) is 3.22. The van der Waals surface area contributed by atoms with Crippen molar-refractivity contribution in [1.29, 1.82) is 0 Å². The average molecular weight is 338 g/mol. The predicted octanol–water partition coefficient (Wildman–Crippen LogP) is 2.56. The highest BCUT2D eigenvalue weighted by atomic mass is 16.4. The van der Waals surface area contributed by atoms with E-state index in [9.17, 15) is 14.7 Å². The summed E-state index contributed by atoms with van der Waals surface area (Å²) in [4.78, 5) is 26.6. The quantitative estimate of drug-likeness (QED) is 0.849. The summed E-state index contributed by atoms with van der Waals surface area (Å²) >= 11 is 0. The normalized spacial score (nSPS) is 15.3. The maximum Gasteiger partial charge on any atom is 0.334 e. The number of hydrogen-bond acceptors (Lipinski definition) is 3. The first-order chi connectivity index (χ1) is 12.1. The molecule has 0 saturated heterocycles. The van der Waals surface area contributed by atoms with E-state index in [0.717, 1.165) is 18.7 Å². The van der Waals surface area contributed by atoms with Crippen LogP contribution in [0.3, 0.4) is 0 Å². The Labute approximate surface area is 147 Å². The minimum absolute atomic E-state index is 0.152. The molecule has 0 radical (unpaired) electrons. The van der Waals surface area contributed by atoms with Gasteiger partial charge in [-0.2, -0.15) is 0 Å². The highest BCUT2D eigenvalue weighted by molar-refractivity contribution is 5.90. The van der Waals surface area contributed by atoms with Crippen LogP contribution in [-0.2, 0) is 21.5 Å². The second-order valence-corrected chi connectivity index (χ2v) is 6.28. The van der Waals surface area contributed by atoms with Gasteiger partial charge in [-0.3, -0.25) is 4.79 Å². The number of nitrogens with zero attached hydrogens (tertiary/aromatic N) is 1. The second kappa shape index (κ2) is 6.97. The van der Waals surface area contributed by atoms with E-state index in [1.165, 1.54) is 5.56 Å². The Bertz CT molecular complexity index is 776. The Morgan fingerprint density at radius 1 is 1.12 bits per heavy atom. The standard InChI is InChI=1S/C20H22N2O3/c1-2-20(19(24)25,16-9-4-3-5-10-16)21-18(23)14-22-13-12-15-8-6-7-11-17(15)22/h3-11H,2,12-14H2,1H3,(H,21,23)(H,24,25). The van der Waals surface area contributed by atoms with Crippen LogP contribution in [-0.4, -0.2) is 30.1 Å². The molecule has 2 aromatic carbocycles. The van der Waals surface area contributed by atoms with E-state index in [0.29, 0.717) is 5.56 Å². The molecule has 1 heterocycles. The van der Waals surface area contributed by atoms with E-state index in [2.05, 4.69) is 11.4 Å². The maximum absolute atomic E-state index is 12.6. The molecular formula is C20H22N2O3. The number of hydrogen-bond donors (Lipinski definition) is 2. The van der Waals surface area contributed by atoms with Crippen LogP contribution >= 0.6 is 0 Å². The predicted molar refractivity (Wildman–Crippen MR) is 96.5 cm³/mol. The van der Waals surface area contributed by atoms with Crippen molar-refractivity contribution in [2.45, 2.75) is 25.3 Å². The molecule has 2 N–H and O–H groups in total. The van der Waals surface area contributed by atoms with E-state index < -0.39 is 11.5 Å². The number of benzene rings is 2. The summed E-state index contributed by atoms with van der Waals surface area (Å²) in [5, 5.41) is 12.6. The summed E-state index contributed by atoms with van der Waals surface area (Å²) in [7, 11) is 0. The maximum atomic E-state index is 12.6. The number of aliphatic carboxylic acids is 1. The highest BCUT2D eigenvalue weighted by Gasteiger charge is 2.40. The molecule has 1 aliphatic heterocycles. The molecule has 1 atom stereocenters. The smallest absolute Gasteiger partial charge is 0.334 e. The number of fused-ring (bicyclic) bond motifs is 1. The van der Waals surface area contributed by atoms with Crippen LogP contribution in [0.5, 0.6) is 0 Å². The van der Waals surface area contributed by atoms with Gasteiger partial charge >= 0.3 is 5.97 Å². The molecule has 0 aromatic heterocycles. The van der Waals surface area contributed by atoms with Crippen molar-refractivity contribution in [3.05, 3.63) is 65.7 Å². The van der Waals surface area contributed by atoms with Crippen LogP contribution in [0.2, 0.25) is 0 Å². The van der Waals surface area contributed by atoms with Crippen molar-refractivity contribution in [3.8, 4) is 0 Å². The van der Waals surface area contributed by atoms with E-state index in [1.54, 1.807) is 31.2 Å².